The van der Waals surface area contributed by atoms with E-state index in [1.165, 1.54) is 22.9 Å². The average Bonchev–Trinajstić information content (AvgIpc) is 3.30. The van der Waals surface area contributed by atoms with E-state index in [4.69, 9.17) is 4.74 Å². The molecule has 1 aromatic heterocycles. The van der Waals surface area contributed by atoms with Crippen molar-refractivity contribution >= 4 is 16.9 Å². The third kappa shape index (κ3) is 4.66. The standard InChI is InChI=1S/C26H33N3O3/c1-17-14-24(32-3)22(21-11-12-27-25(17)21)16-29-13-5-4-6-18(2)28-15-23(29)19-7-9-20(10-8-19)26(30)31/h7-12,14,18,23,27-28H,4-6,13,15-16H2,1-3H3,(H,30,31)/t18-,23?/m1/s1. The van der Waals surface area contributed by atoms with Crippen LogP contribution in [0.25, 0.3) is 10.9 Å². The molecule has 0 radical (unpaired) electrons. The van der Waals surface area contributed by atoms with E-state index >= 15 is 0 Å². The Morgan fingerprint density at radius 2 is 2.00 bits per heavy atom. The molecule has 1 aliphatic heterocycles. The maximum absolute atomic E-state index is 11.3. The van der Waals surface area contributed by atoms with Crippen molar-refractivity contribution in [3.05, 3.63) is 64.8 Å². The lowest BCUT2D eigenvalue weighted by molar-refractivity contribution is 0.0697. The third-order valence-electron chi connectivity index (χ3n) is 6.67. The number of H-pyrrole nitrogens is 1. The van der Waals surface area contributed by atoms with Crippen molar-refractivity contribution < 1.29 is 14.6 Å². The molecule has 32 heavy (non-hydrogen) atoms. The largest absolute Gasteiger partial charge is 0.496 e. The lowest BCUT2D eigenvalue weighted by atomic mass is 10.00. The van der Waals surface area contributed by atoms with E-state index in [0.717, 1.165) is 49.3 Å². The summed E-state index contributed by atoms with van der Waals surface area (Å²) in [7, 11) is 1.74. The van der Waals surface area contributed by atoms with Gasteiger partial charge in [0.25, 0.3) is 0 Å². The number of carboxylic acids is 1. The fraction of sp³-hybridized carbons (Fsp3) is 0.423. The summed E-state index contributed by atoms with van der Waals surface area (Å²) in [5.41, 5.74) is 4.96. The Kier molecular flexibility index (Phi) is 6.82. The number of aromatic carboxylic acids is 1. The highest BCUT2D eigenvalue weighted by molar-refractivity contribution is 5.88. The lowest BCUT2D eigenvalue weighted by Gasteiger charge is -2.33. The van der Waals surface area contributed by atoms with Gasteiger partial charge in [-0.15, -0.1) is 0 Å². The second-order valence-electron chi connectivity index (χ2n) is 8.86. The number of nitrogens with zero attached hydrogens (tertiary/aromatic N) is 1. The molecule has 2 heterocycles. The molecule has 1 aliphatic rings. The molecular weight excluding hydrogens is 402 g/mol. The van der Waals surface area contributed by atoms with Crippen LogP contribution < -0.4 is 10.1 Å². The molecule has 170 valence electrons. The van der Waals surface area contributed by atoms with Crippen molar-refractivity contribution in [2.75, 3.05) is 20.2 Å². The monoisotopic (exact) mass is 435 g/mol. The van der Waals surface area contributed by atoms with Crippen LogP contribution in [0.1, 0.15) is 59.3 Å². The van der Waals surface area contributed by atoms with Crippen molar-refractivity contribution in [1.82, 2.24) is 15.2 Å². The maximum Gasteiger partial charge on any atom is 0.335 e. The summed E-state index contributed by atoms with van der Waals surface area (Å²) in [5, 5.41) is 14.2. The Hall–Kier alpha value is -2.83. The molecule has 1 unspecified atom stereocenters. The summed E-state index contributed by atoms with van der Waals surface area (Å²) >= 11 is 0. The van der Waals surface area contributed by atoms with Crippen LogP contribution in [0.2, 0.25) is 0 Å². The van der Waals surface area contributed by atoms with E-state index < -0.39 is 5.97 Å². The minimum atomic E-state index is -0.895. The Morgan fingerprint density at radius 3 is 2.72 bits per heavy atom. The number of rotatable bonds is 5. The van der Waals surface area contributed by atoms with E-state index in [1.807, 2.05) is 18.3 Å². The minimum absolute atomic E-state index is 0.137. The molecule has 2 atom stereocenters. The van der Waals surface area contributed by atoms with Gasteiger partial charge < -0.3 is 20.1 Å². The molecule has 0 bridgehead atoms. The molecule has 4 rings (SSSR count). The maximum atomic E-state index is 11.3. The number of benzene rings is 2. The molecular formula is C26H33N3O3. The summed E-state index contributed by atoms with van der Waals surface area (Å²) in [6.45, 7) is 6.90. The molecule has 0 amide bonds. The number of carboxylic acid groups (broad SMARTS) is 1. The number of ether oxygens (including phenoxy) is 1. The summed E-state index contributed by atoms with van der Waals surface area (Å²) in [6.07, 6.45) is 5.46. The van der Waals surface area contributed by atoms with Gasteiger partial charge in [0, 0.05) is 47.8 Å². The van der Waals surface area contributed by atoms with Crippen LogP contribution in [0, 0.1) is 6.92 Å². The lowest BCUT2D eigenvalue weighted by Crippen LogP contribution is -2.38. The van der Waals surface area contributed by atoms with Crippen LogP contribution in [0.3, 0.4) is 0 Å². The van der Waals surface area contributed by atoms with E-state index in [0.29, 0.717) is 11.6 Å². The molecule has 3 N–H and O–H groups in total. The summed E-state index contributed by atoms with van der Waals surface area (Å²) in [5.74, 6) is 0.0182. The third-order valence-corrected chi connectivity index (χ3v) is 6.67. The number of aromatic amines is 1. The van der Waals surface area contributed by atoms with Crippen LogP contribution in [-0.4, -0.2) is 47.2 Å². The minimum Gasteiger partial charge on any atom is -0.496 e. The van der Waals surface area contributed by atoms with Crippen LogP contribution >= 0.6 is 0 Å². The molecule has 0 saturated carbocycles. The number of carbonyl (C=O) groups is 1. The predicted molar refractivity (Wildman–Crippen MR) is 127 cm³/mol. The van der Waals surface area contributed by atoms with Gasteiger partial charge in [-0.2, -0.15) is 0 Å². The van der Waals surface area contributed by atoms with Crippen molar-refractivity contribution in [2.45, 2.75) is 51.7 Å². The normalized spacial score (nSPS) is 20.5. The van der Waals surface area contributed by atoms with Crippen molar-refractivity contribution in [3.8, 4) is 5.75 Å². The molecule has 6 nitrogen and oxygen atoms in total. The van der Waals surface area contributed by atoms with Gasteiger partial charge in [-0.3, -0.25) is 4.90 Å². The molecule has 2 aromatic carbocycles. The van der Waals surface area contributed by atoms with E-state index in [9.17, 15) is 9.90 Å². The van der Waals surface area contributed by atoms with Gasteiger partial charge in [0.2, 0.25) is 0 Å². The molecule has 6 heteroatoms. The van der Waals surface area contributed by atoms with Gasteiger partial charge in [0.05, 0.1) is 12.7 Å². The molecule has 0 aliphatic carbocycles. The van der Waals surface area contributed by atoms with Crippen LogP contribution in [-0.2, 0) is 6.54 Å². The van der Waals surface area contributed by atoms with E-state index in [1.54, 1.807) is 19.2 Å². The number of nitrogens with one attached hydrogen (secondary N) is 2. The molecule has 1 fully saturated rings. The summed E-state index contributed by atoms with van der Waals surface area (Å²) in [4.78, 5) is 17.2. The van der Waals surface area contributed by atoms with Gasteiger partial charge in [-0.25, -0.2) is 4.79 Å². The number of fused-ring (bicyclic) bond motifs is 1. The van der Waals surface area contributed by atoms with Gasteiger partial charge in [-0.05, 0) is 68.6 Å². The Morgan fingerprint density at radius 1 is 1.22 bits per heavy atom. The van der Waals surface area contributed by atoms with E-state index in [-0.39, 0.29) is 6.04 Å². The second-order valence-corrected chi connectivity index (χ2v) is 8.86. The predicted octanol–water partition coefficient (Wildman–Crippen LogP) is 4.89. The number of aryl methyl sites for hydroxylation is 1. The fourth-order valence-electron chi connectivity index (χ4n) is 4.82. The van der Waals surface area contributed by atoms with Gasteiger partial charge in [0.1, 0.15) is 5.75 Å². The number of methoxy groups -OCH3 is 1. The summed E-state index contributed by atoms with van der Waals surface area (Å²) < 4.78 is 5.80. The summed E-state index contributed by atoms with van der Waals surface area (Å²) in [6, 6.07) is 12.2. The topological polar surface area (TPSA) is 77.6 Å². The first-order valence-electron chi connectivity index (χ1n) is 11.4. The average molecular weight is 436 g/mol. The highest BCUT2D eigenvalue weighted by Gasteiger charge is 2.25. The van der Waals surface area contributed by atoms with Crippen molar-refractivity contribution in [1.29, 1.82) is 0 Å². The van der Waals surface area contributed by atoms with Gasteiger partial charge in [-0.1, -0.05) is 18.6 Å². The zero-order valence-corrected chi connectivity index (χ0v) is 19.1. The van der Waals surface area contributed by atoms with Gasteiger partial charge >= 0.3 is 5.97 Å². The van der Waals surface area contributed by atoms with Crippen molar-refractivity contribution in [3.63, 3.8) is 0 Å². The zero-order chi connectivity index (χ0) is 22.7. The number of hydrogen-bond donors (Lipinski definition) is 3. The first-order chi connectivity index (χ1) is 15.5. The van der Waals surface area contributed by atoms with E-state index in [2.05, 4.69) is 41.2 Å². The first kappa shape index (κ1) is 22.4. The fourth-order valence-corrected chi connectivity index (χ4v) is 4.82. The van der Waals surface area contributed by atoms with Crippen molar-refractivity contribution in [2.24, 2.45) is 0 Å². The van der Waals surface area contributed by atoms with Gasteiger partial charge in [0.15, 0.2) is 0 Å². The number of aromatic nitrogens is 1. The smallest absolute Gasteiger partial charge is 0.335 e. The van der Waals surface area contributed by atoms with Crippen LogP contribution in [0.4, 0.5) is 0 Å². The van der Waals surface area contributed by atoms with Crippen LogP contribution in [0.15, 0.2) is 42.6 Å². The Labute approximate surface area is 189 Å². The molecule has 0 spiro atoms. The first-order valence-corrected chi connectivity index (χ1v) is 11.4. The number of hydrogen-bond acceptors (Lipinski definition) is 4. The highest BCUT2D eigenvalue weighted by atomic mass is 16.5. The van der Waals surface area contributed by atoms with Crippen LogP contribution in [0.5, 0.6) is 5.75 Å². The Balaban J connectivity index is 1.73. The Bertz CT molecular complexity index is 1070. The molecule has 1 saturated heterocycles. The highest BCUT2D eigenvalue weighted by Crippen LogP contribution is 2.34. The molecule has 3 aromatic rings. The quantitative estimate of drug-likeness (QED) is 0.532. The SMILES string of the molecule is COc1cc(C)c2[nH]ccc2c1CN1CCCC[C@@H](C)NCC1c1ccc(C(=O)O)cc1. The second kappa shape index (κ2) is 9.76. The zero-order valence-electron chi connectivity index (χ0n) is 19.1.